The summed E-state index contributed by atoms with van der Waals surface area (Å²) in [5.74, 6) is 0. The van der Waals surface area contributed by atoms with Gasteiger partial charge in [0.05, 0.1) is 0 Å². The van der Waals surface area contributed by atoms with E-state index in [1.807, 2.05) is 0 Å². The number of hydrogen-bond acceptors (Lipinski definition) is 2. The Bertz CT molecular complexity index is 322. The highest BCUT2D eigenvalue weighted by atomic mass is 15.2. The van der Waals surface area contributed by atoms with Crippen LogP contribution in [-0.2, 0) is 13.0 Å². The van der Waals surface area contributed by atoms with Crippen molar-refractivity contribution in [1.82, 2.24) is 4.90 Å². The Morgan fingerprint density at radius 1 is 1.06 bits per heavy atom. The highest BCUT2D eigenvalue weighted by Crippen LogP contribution is 2.17. The first-order valence-corrected chi connectivity index (χ1v) is 6.50. The van der Waals surface area contributed by atoms with Gasteiger partial charge in [0, 0.05) is 25.2 Å². The Balaban J connectivity index is 2.72. The third kappa shape index (κ3) is 4.49. The van der Waals surface area contributed by atoms with E-state index in [2.05, 4.69) is 56.9 Å². The molecule has 0 fully saturated rings. The number of aryl methyl sites for hydroxylation is 1. The topological polar surface area (TPSA) is 29.3 Å². The number of nitrogens with two attached hydrogens (primary N) is 1. The van der Waals surface area contributed by atoms with Gasteiger partial charge in [-0.2, -0.15) is 0 Å². The molecule has 0 bridgehead atoms. The normalized spacial score (nSPS) is 12.1. The molecule has 1 aromatic rings. The van der Waals surface area contributed by atoms with Crippen molar-refractivity contribution in [3.05, 3.63) is 35.4 Å². The summed E-state index contributed by atoms with van der Waals surface area (Å²) in [6.07, 6.45) is 1.10. The first-order chi connectivity index (χ1) is 7.97. The highest BCUT2D eigenvalue weighted by molar-refractivity contribution is 5.22. The molecule has 0 amide bonds. The minimum atomic E-state index is 0.169. The van der Waals surface area contributed by atoms with Crippen molar-refractivity contribution in [3.8, 4) is 0 Å². The van der Waals surface area contributed by atoms with Gasteiger partial charge in [-0.3, -0.25) is 4.90 Å². The summed E-state index contributed by atoms with van der Waals surface area (Å²) in [5.41, 5.74) is 8.62. The lowest BCUT2D eigenvalue weighted by molar-refractivity contribution is 0.132. The van der Waals surface area contributed by atoms with Gasteiger partial charge in [-0.1, -0.05) is 31.2 Å². The zero-order chi connectivity index (χ0) is 12.9. The van der Waals surface area contributed by atoms with Crippen LogP contribution in [0, 0.1) is 0 Å². The van der Waals surface area contributed by atoms with Crippen molar-refractivity contribution in [1.29, 1.82) is 0 Å². The van der Waals surface area contributed by atoms with Crippen molar-refractivity contribution in [2.45, 2.75) is 46.2 Å². The van der Waals surface area contributed by atoms with E-state index < -0.39 is 0 Å². The van der Waals surface area contributed by atoms with Crippen LogP contribution in [0.5, 0.6) is 0 Å². The van der Waals surface area contributed by atoms with Gasteiger partial charge in [0.15, 0.2) is 0 Å². The number of benzene rings is 1. The van der Waals surface area contributed by atoms with Crippen molar-refractivity contribution in [2.24, 2.45) is 5.73 Å². The quantitative estimate of drug-likeness (QED) is 0.849. The van der Waals surface area contributed by atoms with E-state index in [0.29, 0.717) is 6.54 Å². The van der Waals surface area contributed by atoms with Gasteiger partial charge in [0.2, 0.25) is 0 Å². The second-order valence-electron chi connectivity index (χ2n) is 5.55. The second kappa shape index (κ2) is 6.18. The molecule has 96 valence electrons. The van der Waals surface area contributed by atoms with Crippen LogP contribution in [0.15, 0.2) is 24.3 Å². The number of hydrogen-bond donors (Lipinski definition) is 1. The Labute approximate surface area is 106 Å². The Morgan fingerprint density at radius 2 is 1.59 bits per heavy atom. The zero-order valence-corrected chi connectivity index (χ0v) is 11.7. The molecule has 0 heterocycles. The minimum Gasteiger partial charge on any atom is -0.329 e. The van der Waals surface area contributed by atoms with E-state index in [1.165, 1.54) is 11.1 Å². The van der Waals surface area contributed by atoms with Gasteiger partial charge in [0.1, 0.15) is 0 Å². The molecule has 1 aromatic carbocycles. The number of rotatable bonds is 5. The lowest BCUT2D eigenvalue weighted by Crippen LogP contribution is -2.43. The highest BCUT2D eigenvalue weighted by Gasteiger charge is 2.20. The molecule has 0 saturated heterocycles. The summed E-state index contributed by atoms with van der Waals surface area (Å²) >= 11 is 0. The van der Waals surface area contributed by atoms with Crippen LogP contribution in [0.3, 0.4) is 0 Å². The fraction of sp³-hybridized carbons (Fsp3) is 0.600. The molecule has 0 aromatic heterocycles. The summed E-state index contributed by atoms with van der Waals surface area (Å²) in [5, 5.41) is 0. The fourth-order valence-corrected chi connectivity index (χ4v) is 1.91. The molecule has 0 radical (unpaired) electrons. The zero-order valence-electron chi connectivity index (χ0n) is 11.7. The van der Waals surface area contributed by atoms with Crippen molar-refractivity contribution >= 4 is 0 Å². The summed E-state index contributed by atoms with van der Waals surface area (Å²) in [7, 11) is 0. The lowest BCUT2D eigenvalue weighted by atomic mass is 10.0. The molecule has 0 aliphatic carbocycles. The molecule has 2 N–H and O–H groups in total. The maximum Gasteiger partial charge on any atom is 0.0239 e. The summed E-state index contributed by atoms with van der Waals surface area (Å²) in [6, 6.07) is 8.90. The predicted octanol–water partition coefficient (Wildman–Crippen LogP) is 2.81. The molecule has 0 aliphatic heterocycles. The van der Waals surface area contributed by atoms with Crippen LogP contribution < -0.4 is 5.73 Å². The van der Waals surface area contributed by atoms with E-state index in [0.717, 1.165) is 19.5 Å². The average Bonchev–Trinajstić information content (AvgIpc) is 2.28. The molecule has 0 unspecified atom stereocenters. The maximum atomic E-state index is 5.68. The molecular formula is C15H26N2. The summed E-state index contributed by atoms with van der Waals surface area (Å²) < 4.78 is 0. The fourth-order valence-electron chi connectivity index (χ4n) is 1.91. The summed E-state index contributed by atoms with van der Waals surface area (Å²) in [4.78, 5) is 2.42. The Morgan fingerprint density at radius 3 is 2.00 bits per heavy atom. The van der Waals surface area contributed by atoms with E-state index in [9.17, 15) is 0 Å². The molecule has 1 rings (SSSR count). The van der Waals surface area contributed by atoms with Crippen LogP contribution in [-0.4, -0.2) is 23.5 Å². The van der Waals surface area contributed by atoms with Crippen molar-refractivity contribution < 1.29 is 0 Å². The smallest absolute Gasteiger partial charge is 0.0239 e. The summed E-state index contributed by atoms with van der Waals surface area (Å²) in [6.45, 7) is 11.5. The second-order valence-corrected chi connectivity index (χ2v) is 5.55. The minimum absolute atomic E-state index is 0.169. The third-order valence-corrected chi connectivity index (χ3v) is 3.15. The molecule has 0 saturated carbocycles. The molecule has 0 atom stereocenters. The third-order valence-electron chi connectivity index (χ3n) is 3.15. The van der Waals surface area contributed by atoms with Crippen LogP contribution in [0.25, 0.3) is 0 Å². The van der Waals surface area contributed by atoms with Crippen LogP contribution in [0.1, 0.15) is 38.8 Å². The van der Waals surface area contributed by atoms with E-state index in [-0.39, 0.29) is 5.54 Å². The predicted molar refractivity (Wildman–Crippen MR) is 75.0 cm³/mol. The van der Waals surface area contributed by atoms with Gasteiger partial charge in [-0.05, 0) is 38.3 Å². The van der Waals surface area contributed by atoms with Crippen molar-refractivity contribution in [2.75, 3.05) is 13.1 Å². The first kappa shape index (κ1) is 14.2. The van der Waals surface area contributed by atoms with Gasteiger partial charge in [-0.15, -0.1) is 0 Å². The molecule has 2 nitrogen and oxygen atoms in total. The van der Waals surface area contributed by atoms with E-state index in [1.54, 1.807) is 0 Å². The monoisotopic (exact) mass is 234 g/mol. The number of nitrogens with zero attached hydrogens (tertiary/aromatic N) is 1. The standard InChI is InChI=1S/C15H26N2/c1-5-13-6-8-14(9-7-13)12-17(11-10-16)15(2,3)4/h6-9H,5,10-12,16H2,1-4H3. The largest absolute Gasteiger partial charge is 0.329 e. The molecule has 2 heteroatoms. The molecular weight excluding hydrogens is 208 g/mol. The molecule has 0 aliphatic rings. The maximum absolute atomic E-state index is 5.68. The average molecular weight is 234 g/mol. The lowest BCUT2D eigenvalue weighted by Gasteiger charge is -2.35. The Kier molecular flexibility index (Phi) is 5.16. The Hall–Kier alpha value is -0.860. The molecule has 0 spiro atoms. The molecule has 17 heavy (non-hydrogen) atoms. The van der Waals surface area contributed by atoms with Crippen molar-refractivity contribution in [3.63, 3.8) is 0 Å². The van der Waals surface area contributed by atoms with Gasteiger partial charge < -0.3 is 5.73 Å². The van der Waals surface area contributed by atoms with Crippen LogP contribution >= 0.6 is 0 Å². The van der Waals surface area contributed by atoms with Gasteiger partial charge >= 0.3 is 0 Å². The van der Waals surface area contributed by atoms with Gasteiger partial charge in [-0.25, -0.2) is 0 Å². The van der Waals surface area contributed by atoms with Crippen LogP contribution in [0.2, 0.25) is 0 Å². The first-order valence-electron chi connectivity index (χ1n) is 6.50. The SMILES string of the molecule is CCc1ccc(CN(CCN)C(C)(C)C)cc1. The van der Waals surface area contributed by atoms with E-state index >= 15 is 0 Å². The van der Waals surface area contributed by atoms with Crippen LogP contribution in [0.4, 0.5) is 0 Å². The van der Waals surface area contributed by atoms with E-state index in [4.69, 9.17) is 5.73 Å². The van der Waals surface area contributed by atoms with Gasteiger partial charge in [0.25, 0.3) is 0 Å².